The SMILES string of the molecule is CCc1ccc(NC(=O)C(C)Oc2ccc(C(=O)Nc3ccc(C)cc3C)cc2)cc1. The molecule has 1 atom stereocenters. The lowest BCUT2D eigenvalue weighted by molar-refractivity contribution is -0.122. The van der Waals surface area contributed by atoms with E-state index < -0.39 is 6.10 Å². The molecule has 0 radical (unpaired) electrons. The summed E-state index contributed by atoms with van der Waals surface area (Å²) < 4.78 is 5.73. The number of aryl methyl sites for hydroxylation is 3. The van der Waals surface area contributed by atoms with E-state index >= 15 is 0 Å². The molecule has 0 aliphatic rings. The number of carbonyl (C=O) groups is 2. The second-order valence-electron chi connectivity index (χ2n) is 7.60. The Balaban J connectivity index is 1.57. The largest absolute Gasteiger partial charge is 0.481 e. The average molecular weight is 417 g/mol. The molecule has 160 valence electrons. The van der Waals surface area contributed by atoms with E-state index in [1.807, 2.05) is 56.3 Å². The topological polar surface area (TPSA) is 67.4 Å². The molecule has 3 aromatic carbocycles. The molecule has 0 saturated heterocycles. The predicted molar refractivity (Wildman–Crippen MR) is 125 cm³/mol. The average Bonchev–Trinajstić information content (AvgIpc) is 2.76. The van der Waals surface area contributed by atoms with E-state index in [1.165, 1.54) is 5.56 Å². The zero-order valence-corrected chi connectivity index (χ0v) is 18.4. The molecule has 2 amide bonds. The highest BCUT2D eigenvalue weighted by molar-refractivity contribution is 6.04. The third-order valence-electron chi connectivity index (χ3n) is 5.06. The fourth-order valence-electron chi connectivity index (χ4n) is 3.16. The van der Waals surface area contributed by atoms with Crippen molar-refractivity contribution in [3.8, 4) is 5.75 Å². The van der Waals surface area contributed by atoms with Crippen LogP contribution in [0.3, 0.4) is 0 Å². The highest BCUT2D eigenvalue weighted by Crippen LogP contribution is 2.19. The molecule has 31 heavy (non-hydrogen) atoms. The second kappa shape index (κ2) is 9.94. The standard InChI is InChI=1S/C26H28N2O3/c1-5-20-7-11-22(12-8-20)27-25(29)19(4)31-23-13-9-21(10-14-23)26(30)28-24-15-6-17(2)16-18(24)3/h6-16,19H,5H2,1-4H3,(H,27,29)(H,28,30). The number of anilines is 2. The molecule has 5 heteroatoms. The van der Waals surface area contributed by atoms with Gasteiger partial charge in [0.05, 0.1) is 0 Å². The van der Waals surface area contributed by atoms with Crippen LogP contribution >= 0.6 is 0 Å². The zero-order chi connectivity index (χ0) is 22.4. The van der Waals surface area contributed by atoms with Crippen molar-refractivity contribution in [1.82, 2.24) is 0 Å². The van der Waals surface area contributed by atoms with Gasteiger partial charge in [0.15, 0.2) is 6.10 Å². The molecule has 3 rings (SSSR count). The molecule has 0 fully saturated rings. The zero-order valence-electron chi connectivity index (χ0n) is 18.4. The van der Waals surface area contributed by atoms with Crippen molar-refractivity contribution >= 4 is 23.2 Å². The number of hydrogen-bond acceptors (Lipinski definition) is 3. The van der Waals surface area contributed by atoms with Gasteiger partial charge in [-0.15, -0.1) is 0 Å². The summed E-state index contributed by atoms with van der Waals surface area (Å²) in [4.78, 5) is 24.9. The molecule has 0 saturated carbocycles. The maximum Gasteiger partial charge on any atom is 0.265 e. The van der Waals surface area contributed by atoms with Crippen LogP contribution in [0.15, 0.2) is 66.7 Å². The normalized spacial score (nSPS) is 11.5. The van der Waals surface area contributed by atoms with E-state index in [0.717, 1.165) is 28.9 Å². The van der Waals surface area contributed by atoms with E-state index in [4.69, 9.17) is 4.74 Å². The van der Waals surface area contributed by atoms with Crippen molar-refractivity contribution in [2.24, 2.45) is 0 Å². The van der Waals surface area contributed by atoms with Gasteiger partial charge >= 0.3 is 0 Å². The minimum atomic E-state index is -0.680. The highest BCUT2D eigenvalue weighted by Gasteiger charge is 2.15. The van der Waals surface area contributed by atoms with Gasteiger partial charge in [-0.3, -0.25) is 9.59 Å². The van der Waals surface area contributed by atoms with Gasteiger partial charge in [0.25, 0.3) is 11.8 Å². The Morgan fingerprint density at radius 1 is 0.903 bits per heavy atom. The lowest BCUT2D eigenvalue weighted by Gasteiger charge is -2.15. The van der Waals surface area contributed by atoms with Crippen LogP contribution in [0.25, 0.3) is 0 Å². The van der Waals surface area contributed by atoms with Gasteiger partial charge in [-0.2, -0.15) is 0 Å². The molecule has 1 unspecified atom stereocenters. The van der Waals surface area contributed by atoms with Gasteiger partial charge in [0.1, 0.15) is 5.75 Å². The molecule has 0 aliphatic heterocycles. The minimum Gasteiger partial charge on any atom is -0.481 e. The Kier molecular flexibility index (Phi) is 7.08. The quantitative estimate of drug-likeness (QED) is 0.533. The van der Waals surface area contributed by atoms with E-state index in [1.54, 1.807) is 31.2 Å². The van der Waals surface area contributed by atoms with Crippen LogP contribution in [0.4, 0.5) is 11.4 Å². The molecule has 0 aromatic heterocycles. The Labute approximate surface area is 183 Å². The molecule has 0 heterocycles. The maximum absolute atomic E-state index is 12.5. The summed E-state index contributed by atoms with van der Waals surface area (Å²) >= 11 is 0. The molecule has 5 nitrogen and oxygen atoms in total. The highest BCUT2D eigenvalue weighted by atomic mass is 16.5. The Hall–Kier alpha value is -3.60. The number of nitrogens with one attached hydrogen (secondary N) is 2. The monoisotopic (exact) mass is 416 g/mol. The number of rotatable bonds is 7. The molecule has 2 N–H and O–H groups in total. The summed E-state index contributed by atoms with van der Waals surface area (Å²) in [5, 5.41) is 5.78. The van der Waals surface area contributed by atoms with Crippen LogP contribution in [-0.2, 0) is 11.2 Å². The third-order valence-corrected chi connectivity index (χ3v) is 5.06. The van der Waals surface area contributed by atoms with Crippen molar-refractivity contribution in [3.63, 3.8) is 0 Å². The summed E-state index contributed by atoms with van der Waals surface area (Å²) in [6, 6.07) is 20.4. The van der Waals surface area contributed by atoms with Crippen LogP contribution in [0.1, 0.15) is 40.9 Å². The number of benzene rings is 3. The van der Waals surface area contributed by atoms with E-state index in [2.05, 4.69) is 17.6 Å². The molecule has 3 aromatic rings. The Bertz CT molecular complexity index is 1060. The van der Waals surface area contributed by atoms with Gasteiger partial charge in [0, 0.05) is 16.9 Å². The maximum atomic E-state index is 12.5. The first-order valence-corrected chi connectivity index (χ1v) is 10.4. The predicted octanol–water partition coefficient (Wildman–Crippen LogP) is 5.52. The minimum absolute atomic E-state index is 0.195. The fraction of sp³-hybridized carbons (Fsp3) is 0.231. The summed E-state index contributed by atoms with van der Waals surface area (Å²) in [7, 11) is 0. The number of hydrogen-bond donors (Lipinski definition) is 2. The summed E-state index contributed by atoms with van der Waals surface area (Å²) in [5.74, 6) is 0.0905. The first-order chi connectivity index (χ1) is 14.9. The van der Waals surface area contributed by atoms with Crippen molar-refractivity contribution in [1.29, 1.82) is 0 Å². The third kappa shape index (κ3) is 5.95. The molecular weight excluding hydrogens is 388 g/mol. The molecular formula is C26H28N2O3. The van der Waals surface area contributed by atoms with Crippen molar-refractivity contribution in [2.45, 2.75) is 40.2 Å². The lowest BCUT2D eigenvalue weighted by atomic mass is 10.1. The Morgan fingerprint density at radius 3 is 2.19 bits per heavy atom. The van der Waals surface area contributed by atoms with Crippen molar-refractivity contribution in [3.05, 3.63) is 89.0 Å². The van der Waals surface area contributed by atoms with Gasteiger partial charge in [-0.25, -0.2) is 0 Å². The number of ether oxygens (including phenoxy) is 1. The Morgan fingerprint density at radius 2 is 1.58 bits per heavy atom. The summed E-state index contributed by atoms with van der Waals surface area (Å²) in [6.07, 6.45) is 0.271. The van der Waals surface area contributed by atoms with E-state index in [0.29, 0.717) is 11.3 Å². The summed E-state index contributed by atoms with van der Waals surface area (Å²) in [5.41, 5.74) is 5.40. The van der Waals surface area contributed by atoms with Gasteiger partial charge < -0.3 is 15.4 Å². The van der Waals surface area contributed by atoms with Gasteiger partial charge in [0.2, 0.25) is 0 Å². The van der Waals surface area contributed by atoms with Gasteiger partial charge in [-0.1, -0.05) is 36.8 Å². The first kappa shape index (κ1) is 22.1. The second-order valence-corrected chi connectivity index (χ2v) is 7.60. The first-order valence-electron chi connectivity index (χ1n) is 10.4. The van der Waals surface area contributed by atoms with Crippen molar-refractivity contribution in [2.75, 3.05) is 10.6 Å². The molecule has 0 spiro atoms. The smallest absolute Gasteiger partial charge is 0.265 e. The van der Waals surface area contributed by atoms with Crippen LogP contribution < -0.4 is 15.4 Å². The van der Waals surface area contributed by atoms with Crippen molar-refractivity contribution < 1.29 is 14.3 Å². The number of amides is 2. The van der Waals surface area contributed by atoms with Gasteiger partial charge in [-0.05, 0) is 80.8 Å². The molecule has 0 aliphatic carbocycles. The van der Waals surface area contributed by atoms with E-state index in [9.17, 15) is 9.59 Å². The number of carbonyl (C=O) groups excluding carboxylic acids is 2. The fourth-order valence-corrected chi connectivity index (χ4v) is 3.16. The lowest BCUT2D eigenvalue weighted by Crippen LogP contribution is -2.30. The van der Waals surface area contributed by atoms with E-state index in [-0.39, 0.29) is 11.8 Å². The molecule has 0 bridgehead atoms. The van der Waals surface area contributed by atoms with Crippen LogP contribution in [0.2, 0.25) is 0 Å². The van der Waals surface area contributed by atoms with Crippen LogP contribution in [0.5, 0.6) is 5.75 Å². The van der Waals surface area contributed by atoms with Crippen LogP contribution in [-0.4, -0.2) is 17.9 Å². The summed E-state index contributed by atoms with van der Waals surface area (Å²) in [6.45, 7) is 7.75. The van der Waals surface area contributed by atoms with Crippen LogP contribution in [0, 0.1) is 13.8 Å².